The maximum atomic E-state index is 13.1. The van der Waals surface area contributed by atoms with Crippen molar-refractivity contribution in [3.05, 3.63) is 23.8 Å². The van der Waals surface area contributed by atoms with Crippen LogP contribution in [0.25, 0.3) is 0 Å². The summed E-state index contributed by atoms with van der Waals surface area (Å²) >= 11 is 0. The molecule has 4 bridgehead atoms. The van der Waals surface area contributed by atoms with Crippen molar-refractivity contribution in [2.75, 3.05) is 6.61 Å². The Morgan fingerprint density at radius 1 is 1.03 bits per heavy atom. The van der Waals surface area contributed by atoms with Crippen molar-refractivity contribution in [1.82, 2.24) is 0 Å². The minimum Gasteiger partial charge on any atom is -0.493 e. The first-order valence-corrected chi connectivity index (χ1v) is 11.2. The van der Waals surface area contributed by atoms with E-state index in [1.807, 2.05) is 0 Å². The number of rotatable bonds is 9. The van der Waals surface area contributed by atoms with Gasteiger partial charge in [0.2, 0.25) is 0 Å². The van der Waals surface area contributed by atoms with Gasteiger partial charge in [0.05, 0.1) is 12.0 Å². The number of unbranched alkanes of at least 4 members (excludes halogenated alkanes) is 3. The fraction of sp³-hybridized carbons (Fsp3) is 0.667. The molecule has 0 saturated heterocycles. The van der Waals surface area contributed by atoms with Gasteiger partial charge in [-0.3, -0.25) is 4.79 Å². The summed E-state index contributed by atoms with van der Waals surface area (Å²) < 4.78 is 11.4. The van der Waals surface area contributed by atoms with Gasteiger partial charge < -0.3 is 14.6 Å². The molecule has 29 heavy (non-hydrogen) atoms. The minimum absolute atomic E-state index is 0.0521. The Morgan fingerprint density at radius 2 is 1.69 bits per heavy atom. The normalized spacial score (nSPS) is 29.6. The molecule has 1 N–H and O–H groups in total. The number of carboxylic acid groups (broad SMARTS) is 1. The monoisotopic (exact) mass is 400 g/mol. The van der Waals surface area contributed by atoms with Crippen LogP contribution in [0.1, 0.15) is 81.5 Å². The number of hydrogen-bond donors (Lipinski definition) is 1. The molecule has 5 rings (SSSR count). The molecule has 4 fully saturated rings. The molecule has 0 unspecified atom stereocenters. The van der Waals surface area contributed by atoms with Crippen LogP contribution in [0.5, 0.6) is 11.5 Å². The number of esters is 1. The lowest BCUT2D eigenvalue weighted by Gasteiger charge is -2.55. The fourth-order valence-electron chi connectivity index (χ4n) is 6.15. The van der Waals surface area contributed by atoms with Crippen LogP contribution in [0.15, 0.2) is 18.2 Å². The highest BCUT2D eigenvalue weighted by Gasteiger charge is 2.55. The van der Waals surface area contributed by atoms with Crippen LogP contribution in [-0.2, 0) is 4.79 Å². The Labute approximate surface area is 172 Å². The van der Waals surface area contributed by atoms with Crippen LogP contribution in [0.4, 0.5) is 0 Å². The van der Waals surface area contributed by atoms with Gasteiger partial charge in [-0.15, -0.1) is 0 Å². The molecule has 0 spiro atoms. The summed E-state index contributed by atoms with van der Waals surface area (Å²) in [6.45, 7) is 2.64. The van der Waals surface area contributed by atoms with Gasteiger partial charge in [-0.25, -0.2) is 4.79 Å². The highest BCUT2D eigenvalue weighted by atomic mass is 16.5. The lowest BCUT2D eigenvalue weighted by molar-refractivity contribution is -0.161. The Hall–Kier alpha value is -2.04. The molecule has 0 radical (unpaired) electrons. The number of carboxylic acids is 1. The van der Waals surface area contributed by atoms with Gasteiger partial charge in [0, 0.05) is 0 Å². The second-order valence-electron chi connectivity index (χ2n) is 9.46. The first-order valence-electron chi connectivity index (χ1n) is 11.2. The maximum absolute atomic E-state index is 13.1. The van der Waals surface area contributed by atoms with Crippen molar-refractivity contribution in [2.45, 2.75) is 71.1 Å². The summed E-state index contributed by atoms with van der Waals surface area (Å²) in [6.07, 6.45) is 10.8. The van der Waals surface area contributed by atoms with E-state index in [1.165, 1.54) is 25.3 Å². The molecule has 1 aromatic carbocycles. The molecule has 0 aromatic heterocycles. The average molecular weight is 401 g/mol. The summed E-state index contributed by atoms with van der Waals surface area (Å²) in [5.74, 6) is 1.39. The van der Waals surface area contributed by atoms with E-state index < -0.39 is 5.97 Å². The molecular formula is C24H32O5. The molecule has 0 aliphatic heterocycles. The van der Waals surface area contributed by atoms with Crippen LogP contribution in [0, 0.1) is 23.2 Å². The highest BCUT2D eigenvalue weighted by molar-refractivity contribution is 5.91. The lowest BCUT2D eigenvalue weighted by atomic mass is 9.49. The van der Waals surface area contributed by atoms with Gasteiger partial charge >= 0.3 is 11.9 Å². The molecule has 5 nitrogen and oxygen atoms in total. The summed E-state index contributed by atoms with van der Waals surface area (Å²) in [4.78, 5) is 24.8. The van der Waals surface area contributed by atoms with E-state index in [9.17, 15) is 14.7 Å². The Balaban J connectivity index is 1.43. The van der Waals surface area contributed by atoms with E-state index in [0.29, 0.717) is 35.9 Å². The van der Waals surface area contributed by atoms with Crippen LogP contribution in [0.2, 0.25) is 0 Å². The quantitative estimate of drug-likeness (QED) is 0.338. The van der Waals surface area contributed by atoms with Gasteiger partial charge in [-0.2, -0.15) is 0 Å². The third-order valence-corrected chi connectivity index (χ3v) is 7.12. The smallest absolute Gasteiger partial charge is 0.339 e. The van der Waals surface area contributed by atoms with Crippen molar-refractivity contribution in [1.29, 1.82) is 0 Å². The topological polar surface area (TPSA) is 72.8 Å². The van der Waals surface area contributed by atoms with E-state index in [1.54, 1.807) is 12.1 Å². The molecular weight excluding hydrogens is 368 g/mol. The maximum Gasteiger partial charge on any atom is 0.339 e. The van der Waals surface area contributed by atoms with E-state index in [-0.39, 0.29) is 16.9 Å². The standard InChI is InChI=1S/C24H32O5/c1-2-3-4-5-8-28-21-7-6-19(12-20(21)22(25)26)29-23(27)24-13-16-9-17(14-24)11-18(10-16)15-24/h6-7,12,16-18H,2-5,8-11,13-15H2,1H3,(H,25,26). The Morgan fingerprint density at radius 3 is 2.28 bits per heavy atom. The largest absolute Gasteiger partial charge is 0.493 e. The number of ether oxygens (including phenoxy) is 2. The number of aromatic carboxylic acids is 1. The zero-order valence-corrected chi connectivity index (χ0v) is 17.3. The molecule has 4 aliphatic rings. The number of carbonyl (C=O) groups is 2. The predicted molar refractivity (Wildman–Crippen MR) is 109 cm³/mol. The predicted octanol–water partition coefficient (Wildman–Crippen LogP) is 5.47. The Bertz CT molecular complexity index is 733. The third kappa shape index (κ3) is 4.29. The highest BCUT2D eigenvalue weighted by Crippen LogP contribution is 2.60. The average Bonchev–Trinajstić information content (AvgIpc) is 2.67. The van der Waals surface area contributed by atoms with E-state index in [0.717, 1.165) is 44.9 Å². The van der Waals surface area contributed by atoms with Crippen LogP contribution in [-0.4, -0.2) is 23.7 Å². The fourth-order valence-corrected chi connectivity index (χ4v) is 6.15. The molecule has 0 heterocycles. The molecule has 5 heteroatoms. The van der Waals surface area contributed by atoms with Crippen molar-refractivity contribution in [3.63, 3.8) is 0 Å². The van der Waals surface area contributed by atoms with Crippen LogP contribution in [0.3, 0.4) is 0 Å². The molecule has 158 valence electrons. The zero-order valence-electron chi connectivity index (χ0n) is 17.3. The van der Waals surface area contributed by atoms with Crippen LogP contribution < -0.4 is 9.47 Å². The van der Waals surface area contributed by atoms with Crippen molar-refractivity contribution >= 4 is 11.9 Å². The van der Waals surface area contributed by atoms with Crippen molar-refractivity contribution in [3.8, 4) is 11.5 Å². The second-order valence-corrected chi connectivity index (χ2v) is 9.46. The van der Waals surface area contributed by atoms with Gasteiger partial charge in [0.15, 0.2) is 0 Å². The third-order valence-electron chi connectivity index (χ3n) is 7.12. The van der Waals surface area contributed by atoms with Gasteiger partial charge in [0.1, 0.15) is 17.1 Å². The van der Waals surface area contributed by atoms with E-state index >= 15 is 0 Å². The van der Waals surface area contributed by atoms with Gasteiger partial charge in [-0.1, -0.05) is 26.2 Å². The molecule has 1 aromatic rings. The van der Waals surface area contributed by atoms with Crippen molar-refractivity contribution < 1.29 is 24.2 Å². The first-order chi connectivity index (χ1) is 14.0. The minimum atomic E-state index is -1.07. The summed E-state index contributed by atoms with van der Waals surface area (Å²) in [7, 11) is 0. The van der Waals surface area contributed by atoms with E-state index in [4.69, 9.17) is 9.47 Å². The number of carbonyl (C=O) groups excluding carboxylic acids is 1. The van der Waals surface area contributed by atoms with Crippen LogP contribution >= 0.6 is 0 Å². The molecule has 0 amide bonds. The molecule has 0 atom stereocenters. The Kier molecular flexibility index (Phi) is 5.84. The van der Waals surface area contributed by atoms with Gasteiger partial charge in [-0.05, 0) is 80.9 Å². The van der Waals surface area contributed by atoms with Gasteiger partial charge in [0.25, 0.3) is 0 Å². The summed E-state index contributed by atoms with van der Waals surface area (Å²) in [5.41, 5.74) is -0.302. The number of hydrogen-bond acceptors (Lipinski definition) is 4. The lowest BCUT2D eigenvalue weighted by Crippen LogP contribution is -2.51. The second kappa shape index (κ2) is 8.37. The molecule has 4 aliphatic carbocycles. The van der Waals surface area contributed by atoms with E-state index in [2.05, 4.69) is 6.92 Å². The summed E-state index contributed by atoms with van der Waals surface area (Å²) in [5, 5.41) is 9.57. The summed E-state index contributed by atoms with van der Waals surface area (Å²) in [6, 6.07) is 4.71. The van der Waals surface area contributed by atoms with Crippen molar-refractivity contribution in [2.24, 2.45) is 23.2 Å². The zero-order chi connectivity index (χ0) is 20.4. The SMILES string of the molecule is CCCCCCOc1ccc(OC(=O)C23CC4CC(CC(C4)C2)C3)cc1C(=O)O. The number of benzene rings is 1. The first kappa shape index (κ1) is 20.2. The molecule has 4 saturated carbocycles.